The van der Waals surface area contributed by atoms with Crippen molar-refractivity contribution in [1.82, 2.24) is 0 Å². The molecule has 0 heterocycles. The van der Waals surface area contributed by atoms with Gasteiger partial charge in [0.2, 0.25) is 0 Å². The summed E-state index contributed by atoms with van der Waals surface area (Å²) in [6.07, 6.45) is -0.916. The molecule has 0 bridgehead atoms. The Kier molecular flexibility index (Phi) is 6.61. The lowest BCUT2D eigenvalue weighted by atomic mass is 10.0. The van der Waals surface area contributed by atoms with Gasteiger partial charge in [-0.2, -0.15) is 0 Å². The van der Waals surface area contributed by atoms with Crippen LogP contribution in [0.25, 0.3) is 0 Å². The second-order valence-electron chi connectivity index (χ2n) is 6.95. The van der Waals surface area contributed by atoms with Crippen LogP contribution in [0.5, 0.6) is 5.75 Å². The number of carbonyl (C=O) groups excluding carboxylic acids is 2. The van der Waals surface area contributed by atoms with Crippen LogP contribution >= 0.6 is 0 Å². The number of amides is 1. The standard InChI is InChI=1S/C22H27NO4/c1-13-7-8-19(15(3)9-13)26-12-20(24)27-18(6)22(25)23-21-16(4)10-14(2)11-17(21)5/h7-11,18H,12H2,1-6H3,(H,23,25)/t18-/m1/s1. The van der Waals surface area contributed by atoms with Crippen molar-refractivity contribution in [2.75, 3.05) is 11.9 Å². The molecule has 2 aromatic carbocycles. The molecule has 2 rings (SSSR count). The Morgan fingerprint density at radius 2 is 1.52 bits per heavy atom. The van der Waals surface area contributed by atoms with Gasteiger partial charge in [-0.25, -0.2) is 4.79 Å². The normalized spacial score (nSPS) is 11.6. The molecule has 5 heteroatoms. The maximum atomic E-state index is 12.4. The molecule has 1 amide bonds. The molecule has 144 valence electrons. The number of hydrogen-bond acceptors (Lipinski definition) is 4. The van der Waals surface area contributed by atoms with Gasteiger partial charge in [-0.1, -0.05) is 35.4 Å². The number of ether oxygens (including phenoxy) is 2. The maximum Gasteiger partial charge on any atom is 0.344 e. The Bertz CT molecular complexity index is 834. The molecule has 5 nitrogen and oxygen atoms in total. The fourth-order valence-electron chi connectivity index (χ4n) is 2.98. The minimum atomic E-state index is -0.916. The number of nitrogens with one attached hydrogen (secondary N) is 1. The number of hydrogen-bond donors (Lipinski definition) is 1. The third-order valence-corrected chi connectivity index (χ3v) is 4.28. The van der Waals surface area contributed by atoms with E-state index in [1.54, 1.807) is 6.92 Å². The highest BCUT2D eigenvalue weighted by Gasteiger charge is 2.20. The van der Waals surface area contributed by atoms with Crippen molar-refractivity contribution >= 4 is 17.6 Å². The monoisotopic (exact) mass is 369 g/mol. The highest BCUT2D eigenvalue weighted by atomic mass is 16.6. The molecule has 0 radical (unpaired) electrons. The average Bonchev–Trinajstić information content (AvgIpc) is 2.57. The molecule has 1 atom stereocenters. The Morgan fingerprint density at radius 1 is 0.926 bits per heavy atom. The molecule has 0 saturated carbocycles. The summed E-state index contributed by atoms with van der Waals surface area (Å²) in [6, 6.07) is 9.70. The predicted molar refractivity (Wildman–Crippen MR) is 106 cm³/mol. The lowest BCUT2D eigenvalue weighted by molar-refractivity contribution is -0.155. The molecule has 0 aliphatic heterocycles. The lowest BCUT2D eigenvalue weighted by Gasteiger charge is -2.17. The fourth-order valence-corrected chi connectivity index (χ4v) is 2.98. The van der Waals surface area contributed by atoms with E-state index in [0.29, 0.717) is 5.75 Å². The third kappa shape index (κ3) is 5.58. The van der Waals surface area contributed by atoms with Crippen LogP contribution in [0.4, 0.5) is 5.69 Å². The zero-order valence-electron chi connectivity index (χ0n) is 16.8. The minimum Gasteiger partial charge on any atom is -0.482 e. The number of aryl methyl sites for hydroxylation is 5. The van der Waals surface area contributed by atoms with Crippen LogP contribution in [0, 0.1) is 34.6 Å². The summed E-state index contributed by atoms with van der Waals surface area (Å²) >= 11 is 0. The van der Waals surface area contributed by atoms with Gasteiger partial charge in [0, 0.05) is 5.69 Å². The van der Waals surface area contributed by atoms with Crippen molar-refractivity contribution in [3.63, 3.8) is 0 Å². The Labute approximate surface area is 160 Å². The first-order valence-corrected chi connectivity index (χ1v) is 8.95. The topological polar surface area (TPSA) is 64.6 Å². The SMILES string of the molecule is Cc1ccc(OCC(=O)O[C@H](C)C(=O)Nc2c(C)cc(C)cc2C)c(C)c1. The second-order valence-corrected chi connectivity index (χ2v) is 6.95. The molecule has 0 aromatic heterocycles. The van der Waals surface area contributed by atoms with Gasteiger partial charge in [0.25, 0.3) is 5.91 Å². The van der Waals surface area contributed by atoms with Crippen LogP contribution in [0.1, 0.15) is 34.7 Å². The average molecular weight is 369 g/mol. The quantitative estimate of drug-likeness (QED) is 0.776. The second kappa shape index (κ2) is 8.71. The largest absolute Gasteiger partial charge is 0.482 e. The van der Waals surface area contributed by atoms with Crippen LogP contribution in [0.15, 0.2) is 30.3 Å². The molecule has 27 heavy (non-hydrogen) atoms. The van der Waals surface area contributed by atoms with Gasteiger partial charge >= 0.3 is 5.97 Å². The molecule has 0 unspecified atom stereocenters. The van der Waals surface area contributed by atoms with Gasteiger partial charge in [0.05, 0.1) is 0 Å². The molecule has 0 spiro atoms. The highest BCUT2D eigenvalue weighted by Crippen LogP contribution is 2.22. The molecular formula is C22H27NO4. The zero-order chi connectivity index (χ0) is 20.1. The third-order valence-electron chi connectivity index (χ3n) is 4.28. The van der Waals surface area contributed by atoms with Crippen molar-refractivity contribution in [2.45, 2.75) is 47.6 Å². The van der Waals surface area contributed by atoms with Gasteiger partial charge < -0.3 is 14.8 Å². The summed E-state index contributed by atoms with van der Waals surface area (Å²) in [5.74, 6) is -0.333. The number of esters is 1. The molecule has 0 fully saturated rings. The summed E-state index contributed by atoms with van der Waals surface area (Å²) in [5.41, 5.74) is 5.88. The van der Waals surface area contributed by atoms with Gasteiger partial charge in [0.15, 0.2) is 12.7 Å². The van der Waals surface area contributed by atoms with E-state index in [-0.39, 0.29) is 12.5 Å². The summed E-state index contributed by atoms with van der Waals surface area (Å²) in [6.45, 7) is 11.1. The molecule has 0 saturated heterocycles. The zero-order valence-corrected chi connectivity index (χ0v) is 16.8. The van der Waals surface area contributed by atoms with E-state index in [1.807, 2.05) is 65.0 Å². The van der Waals surface area contributed by atoms with Crippen LogP contribution in [-0.4, -0.2) is 24.6 Å². The first-order valence-electron chi connectivity index (χ1n) is 8.95. The van der Waals surface area contributed by atoms with Crippen molar-refractivity contribution < 1.29 is 19.1 Å². The summed E-state index contributed by atoms with van der Waals surface area (Å²) < 4.78 is 10.7. The number of rotatable bonds is 6. The fraction of sp³-hybridized carbons (Fsp3) is 0.364. The minimum absolute atomic E-state index is 0.246. The van der Waals surface area contributed by atoms with Crippen molar-refractivity contribution in [3.8, 4) is 5.75 Å². The van der Waals surface area contributed by atoms with Gasteiger partial charge in [-0.15, -0.1) is 0 Å². The van der Waals surface area contributed by atoms with E-state index in [1.165, 1.54) is 0 Å². The highest BCUT2D eigenvalue weighted by molar-refractivity contribution is 5.96. The number of anilines is 1. The summed E-state index contributed by atoms with van der Waals surface area (Å²) in [4.78, 5) is 24.4. The van der Waals surface area contributed by atoms with Gasteiger partial charge in [-0.05, 0) is 64.3 Å². The Balaban J connectivity index is 1.91. The van der Waals surface area contributed by atoms with Crippen molar-refractivity contribution in [3.05, 3.63) is 58.1 Å². The molecule has 0 aliphatic carbocycles. The van der Waals surface area contributed by atoms with Crippen molar-refractivity contribution in [1.29, 1.82) is 0 Å². The molecule has 2 aromatic rings. The lowest BCUT2D eigenvalue weighted by Crippen LogP contribution is -2.32. The van der Waals surface area contributed by atoms with Crippen LogP contribution in [-0.2, 0) is 14.3 Å². The number of benzene rings is 2. The van der Waals surface area contributed by atoms with E-state index in [0.717, 1.165) is 33.5 Å². The predicted octanol–water partition coefficient (Wildman–Crippen LogP) is 4.18. The first-order chi connectivity index (χ1) is 12.7. The Morgan fingerprint density at radius 3 is 2.11 bits per heavy atom. The maximum absolute atomic E-state index is 12.4. The van der Waals surface area contributed by atoms with E-state index >= 15 is 0 Å². The summed E-state index contributed by atoms with van der Waals surface area (Å²) in [7, 11) is 0. The van der Waals surface area contributed by atoms with E-state index in [4.69, 9.17) is 9.47 Å². The van der Waals surface area contributed by atoms with Crippen LogP contribution in [0.2, 0.25) is 0 Å². The molecule has 1 N–H and O–H groups in total. The van der Waals surface area contributed by atoms with Crippen LogP contribution in [0.3, 0.4) is 0 Å². The summed E-state index contributed by atoms with van der Waals surface area (Å²) in [5, 5.41) is 2.84. The first kappa shape index (κ1) is 20.5. The van der Waals surface area contributed by atoms with Crippen LogP contribution < -0.4 is 10.1 Å². The Hall–Kier alpha value is -2.82. The van der Waals surface area contributed by atoms with E-state index in [9.17, 15) is 9.59 Å². The smallest absolute Gasteiger partial charge is 0.344 e. The molecule has 0 aliphatic rings. The van der Waals surface area contributed by atoms with E-state index < -0.39 is 12.1 Å². The van der Waals surface area contributed by atoms with Gasteiger partial charge in [-0.3, -0.25) is 4.79 Å². The number of carbonyl (C=O) groups is 2. The van der Waals surface area contributed by atoms with Crippen molar-refractivity contribution in [2.24, 2.45) is 0 Å². The van der Waals surface area contributed by atoms with E-state index in [2.05, 4.69) is 5.32 Å². The van der Waals surface area contributed by atoms with Gasteiger partial charge in [0.1, 0.15) is 5.75 Å². The molecular weight excluding hydrogens is 342 g/mol.